The van der Waals surface area contributed by atoms with Crippen molar-refractivity contribution in [1.82, 2.24) is 25.5 Å². The molecule has 142 valence electrons. The van der Waals surface area contributed by atoms with Crippen LogP contribution in [-0.4, -0.2) is 51.3 Å². The Labute approximate surface area is 159 Å². The van der Waals surface area contributed by atoms with E-state index in [2.05, 4.69) is 58.3 Å². The number of amides is 1. The molecule has 1 aliphatic heterocycles. The van der Waals surface area contributed by atoms with Crippen molar-refractivity contribution in [1.29, 1.82) is 0 Å². The summed E-state index contributed by atoms with van der Waals surface area (Å²) in [6.45, 7) is 11.7. The molecule has 1 aliphatic rings. The Morgan fingerprint density at radius 3 is 2.63 bits per heavy atom. The number of hydrazone groups is 1. The molecule has 27 heavy (non-hydrogen) atoms. The Morgan fingerprint density at radius 2 is 1.96 bits per heavy atom. The molecule has 0 fully saturated rings. The summed E-state index contributed by atoms with van der Waals surface area (Å²) in [6.07, 6.45) is 6.06. The standard InChI is InChI=1S/C20H26N6O/c1-5-26(6-2)10-8-16-13(3)18(23-14(16)4)11-17-19(24-25-20(17)27)15-7-9-21-22-12-15/h7,9,11-12,23H,5-6,8,10H2,1-4H3,(H,25,27). The van der Waals surface area contributed by atoms with Crippen molar-refractivity contribution in [3.8, 4) is 0 Å². The molecular weight excluding hydrogens is 340 g/mol. The molecule has 0 saturated carbocycles. The molecule has 1 amide bonds. The van der Waals surface area contributed by atoms with E-state index in [9.17, 15) is 4.79 Å². The molecule has 0 spiro atoms. The van der Waals surface area contributed by atoms with Crippen LogP contribution < -0.4 is 5.43 Å². The second-order valence-electron chi connectivity index (χ2n) is 6.63. The predicted molar refractivity (Wildman–Crippen MR) is 106 cm³/mol. The Morgan fingerprint density at radius 1 is 1.19 bits per heavy atom. The SMILES string of the molecule is CCN(CC)CCc1c(C)[nH]c(C=C2C(=O)NN=C2c2ccnnc2)c1C. The first kappa shape index (κ1) is 19.0. The molecule has 0 aliphatic carbocycles. The third-order valence-corrected chi connectivity index (χ3v) is 5.12. The Bertz CT molecular complexity index is 877. The third-order valence-electron chi connectivity index (χ3n) is 5.12. The normalized spacial score (nSPS) is 15.5. The van der Waals surface area contributed by atoms with Crippen molar-refractivity contribution in [3.63, 3.8) is 0 Å². The fraction of sp³-hybridized carbons (Fsp3) is 0.400. The maximum Gasteiger partial charge on any atom is 0.273 e. The van der Waals surface area contributed by atoms with Gasteiger partial charge in [-0.3, -0.25) is 4.79 Å². The number of hydrogen-bond donors (Lipinski definition) is 2. The first-order valence-electron chi connectivity index (χ1n) is 9.32. The third kappa shape index (κ3) is 3.98. The minimum Gasteiger partial charge on any atom is -0.359 e. The highest BCUT2D eigenvalue weighted by molar-refractivity contribution is 6.33. The van der Waals surface area contributed by atoms with E-state index in [1.807, 2.05) is 6.08 Å². The van der Waals surface area contributed by atoms with Crippen molar-refractivity contribution in [2.45, 2.75) is 34.1 Å². The van der Waals surface area contributed by atoms with Gasteiger partial charge in [0.2, 0.25) is 0 Å². The number of nitrogens with zero attached hydrogens (tertiary/aromatic N) is 4. The van der Waals surface area contributed by atoms with E-state index < -0.39 is 0 Å². The number of aryl methyl sites for hydroxylation is 1. The molecule has 0 unspecified atom stereocenters. The van der Waals surface area contributed by atoms with Gasteiger partial charge in [0.25, 0.3) is 5.91 Å². The minimum absolute atomic E-state index is 0.210. The predicted octanol–water partition coefficient (Wildman–Crippen LogP) is 2.22. The van der Waals surface area contributed by atoms with Crippen LogP contribution >= 0.6 is 0 Å². The van der Waals surface area contributed by atoms with Crippen LogP contribution in [0.4, 0.5) is 0 Å². The van der Waals surface area contributed by atoms with Gasteiger partial charge in [0, 0.05) is 23.5 Å². The zero-order valence-corrected chi connectivity index (χ0v) is 16.3. The van der Waals surface area contributed by atoms with Crippen LogP contribution in [0.25, 0.3) is 6.08 Å². The Balaban J connectivity index is 1.89. The molecule has 3 heterocycles. The summed E-state index contributed by atoms with van der Waals surface area (Å²) < 4.78 is 0. The van der Waals surface area contributed by atoms with Crippen LogP contribution in [0.5, 0.6) is 0 Å². The summed E-state index contributed by atoms with van der Waals surface area (Å²) in [7, 11) is 0. The van der Waals surface area contributed by atoms with Gasteiger partial charge >= 0.3 is 0 Å². The molecule has 0 radical (unpaired) electrons. The van der Waals surface area contributed by atoms with Crippen LogP contribution in [-0.2, 0) is 11.2 Å². The fourth-order valence-electron chi connectivity index (χ4n) is 3.41. The zero-order valence-electron chi connectivity index (χ0n) is 16.3. The topological polar surface area (TPSA) is 86.3 Å². The van der Waals surface area contributed by atoms with Crippen molar-refractivity contribution < 1.29 is 4.79 Å². The van der Waals surface area contributed by atoms with E-state index in [1.54, 1.807) is 18.5 Å². The lowest BCUT2D eigenvalue weighted by molar-refractivity contribution is -0.116. The lowest BCUT2D eigenvalue weighted by atomic mass is 10.0. The first-order valence-corrected chi connectivity index (χ1v) is 9.32. The number of likely N-dealkylation sites (N-methyl/N-ethyl adjacent to an activating group) is 1. The quantitative estimate of drug-likeness (QED) is 0.736. The minimum atomic E-state index is -0.210. The zero-order chi connectivity index (χ0) is 19.4. The van der Waals surface area contributed by atoms with E-state index >= 15 is 0 Å². The highest BCUT2D eigenvalue weighted by Crippen LogP contribution is 2.23. The number of hydrogen-bond acceptors (Lipinski definition) is 5. The fourth-order valence-corrected chi connectivity index (χ4v) is 3.41. The monoisotopic (exact) mass is 366 g/mol. The van der Waals surface area contributed by atoms with Gasteiger partial charge < -0.3 is 9.88 Å². The second-order valence-corrected chi connectivity index (χ2v) is 6.63. The van der Waals surface area contributed by atoms with Crippen LogP contribution in [0.15, 0.2) is 29.1 Å². The van der Waals surface area contributed by atoms with Crippen molar-refractivity contribution in [2.75, 3.05) is 19.6 Å². The van der Waals surface area contributed by atoms with Gasteiger partial charge in [-0.1, -0.05) is 13.8 Å². The van der Waals surface area contributed by atoms with Gasteiger partial charge in [0.15, 0.2) is 0 Å². The number of H-pyrrole nitrogens is 1. The molecule has 0 aromatic carbocycles. The molecule has 7 heteroatoms. The molecule has 0 saturated heterocycles. The maximum absolute atomic E-state index is 12.3. The second kappa shape index (κ2) is 8.26. The maximum atomic E-state index is 12.3. The van der Waals surface area contributed by atoms with Crippen LogP contribution in [0.2, 0.25) is 0 Å². The molecule has 2 N–H and O–H groups in total. The van der Waals surface area contributed by atoms with E-state index in [4.69, 9.17) is 0 Å². The molecule has 0 atom stereocenters. The summed E-state index contributed by atoms with van der Waals surface area (Å²) in [5, 5.41) is 11.8. The van der Waals surface area contributed by atoms with Crippen molar-refractivity contribution >= 4 is 17.7 Å². The van der Waals surface area contributed by atoms with Gasteiger partial charge in [0.05, 0.1) is 18.0 Å². The van der Waals surface area contributed by atoms with Gasteiger partial charge in [-0.05, 0) is 56.6 Å². The largest absolute Gasteiger partial charge is 0.359 e. The number of aromatic amines is 1. The summed E-state index contributed by atoms with van der Waals surface area (Å²) in [5.41, 5.74) is 9.02. The summed E-state index contributed by atoms with van der Waals surface area (Å²) in [4.78, 5) is 18.2. The molecule has 3 rings (SSSR count). The highest BCUT2D eigenvalue weighted by Gasteiger charge is 2.25. The molecule has 2 aromatic rings. The van der Waals surface area contributed by atoms with E-state index in [0.29, 0.717) is 11.3 Å². The number of aromatic nitrogens is 3. The molecule has 7 nitrogen and oxygen atoms in total. The van der Waals surface area contributed by atoms with Crippen LogP contribution in [0.1, 0.15) is 41.9 Å². The summed E-state index contributed by atoms with van der Waals surface area (Å²) in [6, 6.07) is 1.79. The van der Waals surface area contributed by atoms with E-state index in [0.717, 1.165) is 43.0 Å². The van der Waals surface area contributed by atoms with Crippen molar-refractivity contribution in [2.24, 2.45) is 5.10 Å². The average molecular weight is 366 g/mol. The van der Waals surface area contributed by atoms with Crippen molar-refractivity contribution in [3.05, 3.63) is 52.1 Å². The van der Waals surface area contributed by atoms with Crippen LogP contribution in [0, 0.1) is 13.8 Å². The highest BCUT2D eigenvalue weighted by atomic mass is 16.2. The lowest BCUT2D eigenvalue weighted by Gasteiger charge is -2.17. The van der Waals surface area contributed by atoms with Gasteiger partial charge in [-0.15, -0.1) is 0 Å². The number of carbonyl (C=O) groups excluding carboxylic acids is 1. The Hall–Kier alpha value is -2.80. The van der Waals surface area contributed by atoms with E-state index in [1.165, 1.54) is 11.1 Å². The van der Waals surface area contributed by atoms with Gasteiger partial charge in [-0.2, -0.15) is 15.3 Å². The molecule has 2 aromatic heterocycles. The number of carbonyl (C=O) groups is 1. The molecule has 0 bridgehead atoms. The lowest BCUT2D eigenvalue weighted by Crippen LogP contribution is -2.25. The van der Waals surface area contributed by atoms with Gasteiger partial charge in [-0.25, -0.2) is 5.43 Å². The Kier molecular flexibility index (Phi) is 5.81. The average Bonchev–Trinajstić information content (AvgIpc) is 3.17. The smallest absolute Gasteiger partial charge is 0.273 e. The number of rotatable bonds is 7. The molecular formula is C20H26N6O. The van der Waals surface area contributed by atoms with E-state index in [-0.39, 0.29) is 5.91 Å². The van der Waals surface area contributed by atoms with Crippen LogP contribution in [0.3, 0.4) is 0 Å². The number of nitrogens with one attached hydrogen (secondary N) is 2. The van der Waals surface area contributed by atoms with Gasteiger partial charge in [0.1, 0.15) is 5.71 Å². The summed E-state index contributed by atoms with van der Waals surface area (Å²) in [5.74, 6) is -0.210. The summed E-state index contributed by atoms with van der Waals surface area (Å²) >= 11 is 0. The first-order chi connectivity index (χ1) is 13.0.